The first-order valence-corrected chi connectivity index (χ1v) is 5.90. The highest BCUT2D eigenvalue weighted by Gasteiger charge is 2.13. The van der Waals surface area contributed by atoms with Crippen molar-refractivity contribution in [1.29, 1.82) is 0 Å². The maximum atomic E-state index is 11.4. The standard InChI is InChI=1S/C8H13N3O2S/c1-7(2)11-14(12,13)6-8-5-9-3-4-10-8/h3-5,7,11H,6H2,1-2H3. The van der Waals surface area contributed by atoms with Crippen LogP contribution in [0.25, 0.3) is 0 Å². The molecule has 0 radical (unpaired) electrons. The van der Waals surface area contributed by atoms with Crippen molar-refractivity contribution in [2.24, 2.45) is 0 Å². The van der Waals surface area contributed by atoms with Crippen molar-refractivity contribution in [3.8, 4) is 0 Å². The lowest BCUT2D eigenvalue weighted by Crippen LogP contribution is -2.31. The molecule has 0 bridgehead atoms. The van der Waals surface area contributed by atoms with E-state index in [0.717, 1.165) is 0 Å². The molecule has 6 heteroatoms. The Morgan fingerprint density at radius 3 is 2.64 bits per heavy atom. The number of aromatic nitrogens is 2. The molecule has 0 saturated carbocycles. The van der Waals surface area contributed by atoms with Gasteiger partial charge < -0.3 is 0 Å². The molecule has 1 N–H and O–H groups in total. The Balaban J connectivity index is 2.70. The van der Waals surface area contributed by atoms with Crippen LogP contribution in [0, 0.1) is 0 Å². The van der Waals surface area contributed by atoms with Crippen LogP contribution in [0.2, 0.25) is 0 Å². The van der Waals surface area contributed by atoms with E-state index in [1.165, 1.54) is 18.6 Å². The van der Waals surface area contributed by atoms with Gasteiger partial charge in [0.25, 0.3) is 0 Å². The zero-order chi connectivity index (χ0) is 10.6. The van der Waals surface area contributed by atoms with Gasteiger partial charge in [0.05, 0.1) is 5.69 Å². The first kappa shape index (κ1) is 11.1. The van der Waals surface area contributed by atoms with Gasteiger partial charge in [-0.05, 0) is 13.8 Å². The Morgan fingerprint density at radius 2 is 2.14 bits per heavy atom. The molecular formula is C8H13N3O2S. The molecule has 1 aromatic heterocycles. The van der Waals surface area contributed by atoms with Gasteiger partial charge in [-0.3, -0.25) is 9.97 Å². The Morgan fingerprint density at radius 1 is 1.43 bits per heavy atom. The summed E-state index contributed by atoms with van der Waals surface area (Å²) in [5, 5.41) is 0. The topological polar surface area (TPSA) is 72.0 Å². The molecule has 0 aliphatic carbocycles. The minimum absolute atomic E-state index is 0.100. The predicted molar refractivity (Wildman–Crippen MR) is 52.9 cm³/mol. The van der Waals surface area contributed by atoms with Crippen LogP contribution in [0.1, 0.15) is 19.5 Å². The van der Waals surface area contributed by atoms with Crippen LogP contribution in [0.5, 0.6) is 0 Å². The molecule has 1 aromatic rings. The largest absolute Gasteiger partial charge is 0.261 e. The molecule has 0 amide bonds. The Hall–Kier alpha value is -1.01. The number of rotatable bonds is 4. The summed E-state index contributed by atoms with van der Waals surface area (Å²) in [6.07, 6.45) is 4.42. The zero-order valence-electron chi connectivity index (χ0n) is 8.14. The molecule has 0 unspecified atom stereocenters. The summed E-state index contributed by atoms with van der Waals surface area (Å²) < 4.78 is 25.3. The highest BCUT2D eigenvalue weighted by Crippen LogP contribution is 1.99. The molecule has 1 rings (SSSR count). The molecule has 0 aliphatic rings. The van der Waals surface area contributed by atoms with Gasteiger partial charge in [0, 0.05) is 24.6 Å². The summed E-state index contributed by atoms with van der Waals surface area (Å²) in [6.45, 7) is 3.54. The first-order chi connectivity index (χ1) is 6.49. The lowest BCUT2D eigenvalue weighted by atomic mass is 10.4. The van der Waals surface area contributed by atoms with E-state index in [-0.39, 0.29) is 11.8 Å². The van der Waals surface area contributed by atoms with Gasteiger partial charge in [-0.25, -0.2) is 13.1 Å². The molecule has 0 aromatic carbocycles. The second-order valence-corrected chi connectivity index (χ2v) is 4.98. The molecule has 5 nitrogen and oxygen atoms in total. The molecular weight excluding hydrogens is 202 g/mol. The summed E-state index contributed by atoms with van der Waals surface area (Å²) in [6, 6.07) is -0.100. The van der Waals surface area contributed by atoms with Crippen molar-refractivity contribution < 1.29 is 8.42 Å². The summed E-state index contributed by atoms with van der Waals surface area (Å²) in [7, 11) is -3.29. The third-order valence-corrected chi connectivity index (χ3v) is 2.88. The summed E-state index contributed by atoms with van der Waals surface area (Å²) in [4.78, 5) is 7.68. The van der Waals surface area contributed by atoms with E-state index in [1.807, 2.05) is 0 Å². The molecule has 1 heterocycles. The van der Waals surface area contributed by atoms with Gasteiger partial charge in [0.1, 0.15) is 5.75 Å². The van der Waals surface area contributed by atoms with Crippen molar-refractivity contribution in [2.45, 2.75) is 25.6 Å². The lowest BCUT2D eigenvalue weighted by molar-refractivity contribution is 0.568. The molecule has 0 aliphatic heterocycles. The van der Waals surface area contributed by atoms with Crippen LogP contribution >= 0.6 is 0 Å². The second kappa shape index (κ2) is 4.47. The smallest absolute Gasteiger partial charge is 0.217 e. The summed E-state index contributed by atoms with van der Waals surface area (Å²) in [5.74, 6) is -0.126. The van der Waals surface area contributed by atoms with Gasteiger partial charge in [-0.1, -0.05) is 0 Å². The number of hydrogen-bond donors (Lipinski definition) is 1. The van der Waals surface area contributed by atoms with E-state index >= 15 is 0 Å². The van der Waals surface area contributed by atoms with Crippen LogP contribution < -0.4 is 4.72 Å². The lowest BCUT2D eigenvalue weighted by Gasteiger charge is -2.08. The van der Waals surface area contributed by atoms with Crippen molar-refractivity contribution in [2.75, 3.05) is 0 Å². The predicted octanol–water partition coefficient (Wildman–Crippen LogP) is 0.304. The van der Waals surface area contributed by atoms with Crippen LogP contribution in [-0.2, 0) is 15.8 Å². The van der Waals surface area contributed by atoms with Crippen molar-refractivity contribution >= 4 is 10.0 Å². The zero-order valence-corrected chi connectivity index (χ0v) is 8.95. The van der Waals surface area contributed by atoms with Crippen molar-refractivity contribution in [1.82, 2.24) is 14.7 Å². The fourth-order valence-corrected chi connectivity index (χ4v) is 2.34. The van der Waals surface area contributed by atoms with E-state index < -0.39 is 10.0 Å². The van der Waals surface area contributed by atoms with E-state index in [4.69, 9.17) is 0 Å². The van der Waals surface area contributed by atoms with E-state index in [9.17, 15) is 8.42 Å². The minimum atomic E-state index is -3.29. The van der Waals surface area contributed by atoms with Crippen LogP contribution in [-0.4, -0.2) is 24.4 Å². The SMILES string of the molecule is CC(C)NS(=O)(=O)Cc1cnccn1. The van der Waals surface area contributed by atoms with Gasteiger partial charge in [0.2, 0.25) is 10.0 Å². The maximum absolute atomic E-state index is 11.4. The molecule has 0 atom stereocenters. The van der Waals surface area contributed by atoms with Crippen LogP contribution in [0.4, 0.5) is 0 Å². The normalized spacial score (nSPS) is 11.9. The van der Waals surface area contributed by atoms with Crippen molar-refractivity contribution in [3.63, 3.8) is 0 Å². The molecule has 14 heavy (non-hydrogen) atoms. The van der Waals surface area contributed by atoms with Crippen LogP contribution in [0.3, 0.4) is 0 Å². The first-order valence-electron chi connectivity index (χ1n) is 4.24. The van der Waals surface area contributed by atoms with Gasteiger partial charge in [-0.2, -0.15) is 0 Å². The number of hydrogen-bond acceptors (Lipinski definition) is 4. The highest BCUT2D eigenvalue weighted by atomic mass is 32.2. The quantitative estimate of drug-likeness (QED) is 0.784. The fraction of sp³-hybridized carbons (Fsp3) is 0.500. The Kier molecular flexibility index (Phi) is 3.54. The Labute approximate surface area is 83.6 Å². The van der Waals surface area contributed by atoms with E-state index in [1.54, 1.807) is 13.8 Å². The van der Waals surface area contributed by atoms with Crippen LogP contribution in [0.15, 0.2) is 18.6 Å². The summed E-state index contributed by atoms with van der Waals surface area (Å²) >= 11 is 0. The average molecular weight is 215 g/mol. The average Bonchev–Trinajstić information content (AvgIpc) is 2.02. The molecule has 0 spiro atoms. The van der Waals surface area contributed by atoms with E-state index in [2.05, 4.69) is 14.7 Å². The number of sulfonamides is 1. The molecule has 78 valence electrons. The third kappa shape index (κ3) is 3.80. The van der Waals surface area contributed by atoms with Gasteiger partial charge in [0.15, 0.2) is 0 Å². The Bertz CT molecular complexity index is 375. The highest BCUT2D eigenvalue weighted by molar-refractivity contribution is 7.88. The fourth-order valence-electron chi connectivity index (χ4n) is 1.000. The number of nitrogens with one attached hydrogen (secondary N) is 1. The minimum Gasteiger partial charge on any atom is -0.261 e. The second-order valence-electron chi connectivity index (χ2n) is 3.23. The maximum Gasteiger partial charge on any atom is 0.217 e. The molecule has 0 fully saturated rings. The number of nitrogens with zero attached hydrogens (tertiary/aromatic N) is 2. The van der Waals surface area contributed by atoms with Crippen molar-refractivity contribution in [3.05, 3.63) is 24.3 Å². The summed E-state index contributed by atoms with van der Waals surface area (Å²) in [5.41, 5.74) is 0.445. The van der Waals surface area contributed by atoms with E-state index in [0.29, 0.717) is 5.69 Å². The van der Waals surface area contributed by atoms with Gasteiger partial charge >= 0.3 is 0 Å². The third-order valence-electron chi connectivity index (χ3n) is 1.37. The van der Waals surface area contributed by atoms with Gasteiger partial charge in [-0.15, -0.1) is 0 Å². The molecule has 0 saturated heterocycles. The monoisotopic (exact) mass is 215 g/mol.